The molecule has 1 saturated carbocycles. The molecule has 0 amide bonds. The van der Waals surface area contributed by atoms with Crippen LogP contribution in [0.4, 0.5) is 0 Å². The van der Waals surface area contributed by atoms with Crippen molar-refractivity contribution in [3.05, 3.63) is 0 Å². The second-order valence-electron chi connectivity index (χ2n) is 4.26. The van der Waals surface area contributed by atoms with Crippen LogP contribution >= 0.6 is 0 Å². The lowest BCUT2D eigenvalue weighted by atomic mass is 10.1. The van der Waals surface area contributed by atoms with Gasteiger partial charge in [-0.25, -0.2) is 8.42 Å². The smallest absolute Gasteiger partial charge is 0.324 e. The van der Waals surface area contributed by atoms with Crippen LogP contribution in [0.1, 0.15) is 25.7 Å². The fourth-order valence-electron chi connectivity index (χ4n) is 2.10. The molecule has 0 bridgehead atoms. The van der Waals surface area contributed by atoms with Crippen LogP contribution in [-0.4, -0.2) is 44.2 Å². The molecule has 1 aliphatic rings. The van der Waals surface area contributed by atoms with Gasteiger partial charge in [0.2, 0.25) is 0 Å². The highest BCUT2D eigenvalue weighted by atomic mass is 32.2. The van der Waals surface area contributed by atoms with Gasteiger partial charge in [-0.3, -0.25) is 4.79 Å². The normalized spacial score (nSPS) is 19.8. The molecule has 0 aliphatic heterocycles. The van der Waals surface area contributed by atoms with E-state index in [1.54, 1.807) is 0 Å². The Bertz CT molecular complexity index is 329. The number of ether oxygens (including phenoxy) is 1. The van der Waals surface area contributed by atoms with E-state index >= 15 is 0 Å². The summed E-state index contributed by atoms with van der Waals surface area (Å²) >= 11 is 0. The van der Waals surface area contributed by atoms with E-state index in [-0.39, 0.29) is 18.3 Å². The summed E-state index contributed by atoms with van der Waals surface area (Å²) in [6.07, 6.45) is 3.86. The monoisotopic (exact) mass is 250 g/mol. The van der Waals surface area contributed by atoms with Crippen LogP contribution in [-0.2, 0) is 19.4 Å². The van der Waals surface area contributed by atoms with Gasteiger partial charge >= 0.3 is 5.97 Å². The lowest BCUT2D eigenvalue weighted by Crippen LogP contribution is -2.37. The van der Waals surface area contributed by atoms with Crippen LogP contribution in [0, 0.1) is 5.92 Å². The van der Waals surface area contributed by atoms with E-state index in [9.17, 15) is 13.2 Å². The molecular formula is C10H18O5S. The van der Waals surface area contributed by atoms with E-state index in [0.29, 0.717) is 0 Å². The molecule has 0 aromatic heterocycles. The molecule has 0 saturated heterocycles. The van der Waals surface area contributed by atoms with Gasteiger partial charge < -0.3 is 9.84 Å². The first kappa shape index (κ1) is 13.4. The first-order valence-corrected chi connectivity index (χ1v) is 7.12. The van der Waals surface area contributed by atoms with E-state index < -0.39 is 21.1 Å². The minimum atomic E-state index is -3.59. The second kappa shape index (κ2) is 5.63. The Kier molecular flexibility index (Phi) is 4.73. The van der Waals surface area contributed by atoms with Crippen molar-refractivity contribution in [1.29, 1.82) is 0 Å². The van der Waals surface area contributed by atoms with Crippen molar-refractivity contribution in [2.24, 2.45) is 5.92 Å². The zero-order valence-corrected chi connectivity index (χ0v) is 10.2. The fraction of sp³-hybridized carbons (Fsp3) is 0.900. The maximum Gasteiger partial charge on any atom is 0.324 e. The molecular weight excluding hydrogens is 232 g/mol. The van der Waals surface area contributed by atoms with Crippen molar-refractivity contribution in [2.45, 2.75) is 30.9 Å². The number of carboxylic acid groups (broad SMARTS) is 1. The Hall–Kier alpha value is -0.620. The van der Waals surface area contributed by atoms with Gasteiger partial charge in [0.1, 0.15) is 0 Å². The maximum absolute atomic E-state index is 11.9. The van der Waals surface area contributed by atoms with E-state index in [4.69, 9.17) is 5.11 Å². The summed E-state index contributed by atoms with van der Waals surface area (Å²) in [6.45, 7) is -0.273. The SMILES string of the molecule is COCC(C(=O)O)S(=O)(=O)CC1CCCC1. The summed E-state index contributed by atoms with van der Waals surface area (Å²) in [5.41, 5.74) is 0. The molecule has 0 radical (unpaired) electrons. The molecule has 0 aromatic carbocycles. The molecule has 0 heterocycles. The van der Waals surface area contributed by atoms with Crippen molar-refractivity contribution in [1.82, 2.24) is 0 Å². The fourth-order valence-corrected chi connectivity index (χ4v) is 3.97. The van der Waals surface area contributed by atoms with Crippen LogP contribution in [0.5, 0.6) is 0 Å². The number of rotatable bonds is 6. The van der Waals surface area contributed by atoms with Gasteiger partial charge in [0, 0.05) is 7.11 Å². The summed E-state index contributed by atoms with van der Waals surface area (Å²) < 4.78 is 28.4. The minimum absolute atomic E-state index is 0.0205. The van der Waals surface area contributed by atoms with Gasteiger partial charge in [0.05, 0.1) is 12.4 Å². The third-order valence-corrected chi connectivity index (χ3v) is 5.11. The maximum atomic E-state index is 11.9. The van der Waals surface area contributed by atoms with Gasteiger partial charge in [0.25, 0.3) is 0 Å². The summed E-state index contributed by atoms with van der Waals surface area (Å²) in [5, 5.41) is 7.44. The Morgan fingerprint density at radius 1 is 1.44 bits per heavy atom. The molecule has 1 atom stereocenters. The van der Waals surface area contributed by atoms with Crippen molar-refractivity contribution >= 4 is 15.8 Å². The number of sulfone groups is 1. The molecule has 0 aromatic rings. The van der Waals surface area contributed by atoms with Crippen LogP contribution in [0.15, 0.2) is 0 Å². The molecule has 94 valence electrons. The minimum Gasteiger partial charge on any atom is -0.480 e. The Balaban J connectivity index is 2.68. The van der Waals surface area contributed by atoms with Gasteiger partial charge in [-0.05, 0) is 18.8 Å². The van der Waals surface area contributed by atoms with Crippen LogP contribution in [0.3, 0.4) is 0 Å². The van der Waals surface area contributed by atoms with E-state index in [2.05, 4.69) is 4.74 Å². The van der Waals surface area contributed by atoms with Crippen molar-refractivity contribution in [2.75, 3.05) is 19.5 Å². The number of aliphatic carboxylic acids is 1. The van der Waals surface area contributed by atoms with Crippen molar-refractivity contribution in [3.63, 3.8) is 0 Å². The molecule has 1 rings (SSSR count). The Morgan fingerprint density at radius 3 is 2.44 bits per heavy atom. The number of hydrogen-bond acceptors (Lipinski definition) is 4. The van der Waals surface area contributed by atoms with Crippen LogP contribution in [0.2, 0.25) is 0 Å². The van der Waals surface area contributed by atoms with Crippen molar-refractivity contribution in [3.8, 4) is 0 Å². The topological polar surface area (TPSA) is 80.7 Å². The molecule has 16 heavy (non-hydrogen) atoms. The Morgan fingerprint density at radius 2 is 2.00 bits per heavy atom. The molecule has 6 heteroatoms. The number of hydrogen-bond donors (Lipinski definition) is 1. The quantitative estimate of drug-likeness (QED) is 0.750. The second-order valence-corrected chi connectivity index (χ2v) is 6.49. The molecule has 1 aliphatic carbocycles. The molecule has 1 N–H and O–H groups in total. The highest BCUT2D eigenvalue weighted by Crippen LogP contribution is 2.27. The molecule has 1 fully saturated rings. The van der Waals surface area contributed by atoms with E-state index in [0.717, 1.165) is 25.7 Å². The lowest BCUT2D eigenvalue weighted by molar-refractivity contribution is -0.137. The summed E-state index contributed by atoms with van der Waals surface area (Å²) in [6, 6.07) is 0. The zero-order valence-electron chi connectivity index (χ0n) is 9.39. The van der Waals surface area contributed by atoms with Gasteiger partial charge in [-0.15, -0.1) is 0 Å². The lowest BCUT2D eigenvalue weighted by Gasteiger charge is -2.15. The molecule has 0 spiro atoms. The summed E-state index contributed by atoms with van der Waals surface area (Å²) in [5.74, 6) is -1.21. The van der Waals surface area contributed by atoms with E-state index in [1.807, 2.05) is 0 Å². The standard InChI is InChI=1S/C10H18O5S/c1-15-6-9(10(11)12)16(13,14)7-8-4-2-3-5-8/h8-9H,2-7H2,1H3,(H,11,12). The van der Waals surface area contributed by atoms with Crippen LogP contribution in [0.25, 0.3) is 0 Å². The first-order chi connectivity index (χ1) is 7.47. The third-order valence-electron chi connectivity index (χ3n) is 2.97. The largest absolute Gasteiger partial charge is 0.480 e. The predicted molar refractivity (Wildman–Crippen MR) is 59.0 cm³/mol. The Labute approximate surface area is 95.7 Å². The number of carbonyl (C=O) groups is 1. The molecule has 5 nitrogen and oxygen atoms in total. The average molecular weight is 250 g/mol. The number of carboxylic acids is 1. The summed E-state index contributed by atoms with van der Waals surface area (Å²) in [7, 11) is -2.29. The highest BCUT2D eigenvalue weighted by Gasteiger charge is 2.35. The number of methoxy groups -OCH3 is 1. The average Bonchev–Trinajstić information content (AvgIpc) is 2.65. The first-order valence-electron chi connectivity index (χ1n) is 5.40. The van der Waals surface area contributed by atoms with Crippen LogP contribution < -0.4 is 0 Å². The van der Waals surface area contributed by atoms with Crippen molar-refractivity contribution < 1.29 is 23.1 Å². The van der Waals surface area contributed by atoms with Gasteiger partial charge in [-0.1, -0.05) is 12.8 Å². The predicted octanol–water partition coefficient (Wildman–Crippen LogP) is 0.691. The highest BCUT2D eigenvalue weighted by molar-refractivity contribution is 7.92. The third kappa shape index (κ3) is 3.45. The van der Waals surface area contributed by atoms with Gasteiger partial charge in [0.15, 0.2) is 15.1 Å². The zero-order chi connectivity index (χ0) is 12.2. The van der Waals surface area contributed by atoms with Gasteiger partial charge in [-0.2, -0.15) is 0 Å². The summed E-state index contributed by atoms with van der Waals surface area (Å²) in [4.78, 5) is 10.9. The van der Waals surface area contributed by atoms with E-state index in [1.165, 1.54) is 7.11 Å². The molecule has 1 unspecified atom stereocenters.